The Morgan fingerprint density at radius 3 is 2.52 bits per heavy atom. The van der Waals surface area contributed by atoms with Crippen molar-refractivity contribution in [3.63, 3.8) is 0 Å². The molecule has 0 bridgehead atoms. The molecule has 1 heterocycles. The number of hydrogen-bond donors (Lipinski definition) is 0. The van der Waals surface area contributed by atoms with E-state index in [0.717, 1.165) is 0 Å². The van der Waals surface area contributed by atoms with Gasteiger partial charge in [0, 0.05) is 32.1 Å². The van der Waals surface area contributed by atoms with E-state index in [-0.39, 0.29) is 31.8 Å². The van der Waals surface area contributed by atoms with Crippen molar-refractivity contribution in [2.24, 2.45) is 5.10 Å². The van der Waals surface area contributed by atoms with Crippen molar-refractivity contribution >= 4 is 17.5 Å². The molecule has 0 aromatic heterocycles. The number of carbonyl (C=O) groups is 2. The van der Waals surface area contributed by atoms with Gasteiger partial charge in [-0.3, -0.25) is 9.59 Å². The van der Waals surface area contributed by atoms with Crippen LogP contribution in [-0.2, 0) is 14.3 Å². The van der Waals surface area contributed by atoms with E-state index in [1.807, 2.05) is 0 Å². The number of ether oxygens (including phenoxy) is 1. The minimum absolute atomic E-state index is 0.179. The lowest BCUT2D eigenvalue weighted by atomic mass is 9.98. The van der Waals surface area contributed by atoms with Crippen molar-refractivity contribution in [1.29, 1.82) is 0 Å². The van der Waals surface area contributed by atoms with Gasteiger partial charge in [0.15, 0.2) is 0 Å². The number of hydrazone groups is 1. The van der Waals surface area contributed by atoms with Crippen molar-refractivity contribution in [3.05, 3.63) is 71.3 Å². The third-order valence-electron chi connectivity index (χ3n) is 5.15. The average Bonchev–Trinajstić information content (AvgIpc) is 3.22. The number of halogens is 2. The fourth-order valence-corrected chi connectivity index (χ4v) is 3.50. The van der Waals surface area contributed by atoms with Crippen LogP contribution < -0.4 is 0 Å². The highest BCUT2D eigenvalue weighted by atomic mass is 19.1. The maximum Gasteiger partial charge on any atom is 0.262 e. The minimum atomic E-state index is -0.524. The Bertz CT molecular complexity index is 963. The van der Waals surface area contributed by atoms with Crippen molar-refractivity contribution in [1.82, 2.24) is 9.91 Å². The average molecular weight is 429 g/mol. The highest BCUT2D eigenvalue weighted by Crippen LogP contribution is 2.33. The smallest absolute Gasteiger partial charge is 0.262 e. The Morgan fingerprint density at radius 2 is 1.87 bits per heavy atom. The third-order valence-corrected chi connectivity index (χ3v) is 5.15. The van der Waals surface area contributed by atoms with E-state index < -0.39 is 23.6 Å². The van der Waals surface area contributed by atoms with E-state index in [1.54, 1.807) is 37.3 Å². The van der Waals surface area contributed by atoms with Crippen LogP contribution in [0, 0.1) is 11.6 Å². The molecule has 31 heavy (non-hydrogen) atoms. The molecule has 0 fully saturated rings. The van der Waals surface area contributed by atoms with Gasteiger partial charge in [0.25, 0.3) is 5.91 Å². The first-order valence-electron chi connectivity index (χ1n) is 10.1. The molecule has 1 aliphatic rings. The molecule has 8 heteroatoms. The number of hydrogen-bond acceptors (Lipinski definition) is 4. The second-order valence-electron chi connectivity index (χ2n) is 7.20. The fourth-order valence-electron chi connectivity index (χ4n) is 3.50. The van der Waals surface area contributed by atoms with E-state index in [9.17, 15) is 18.4 Å². The van der Waals surface area contributed by atoms with Crippen LogP contribution in [0.3, 0.4) is 0 Å². The van der Waals surface area contributed by atoms with Gasteiger partial charge in [-0.1, -0.05) is 37.3 Å². The van der Waals surface area contributed by atoms with Crippen LogP contribution in [-0.4, -0.2) is 54.2 Å². The zero-order chi connectivity index (χ0) is 22.4. The first-order valence-corrected chi connectivity index (χ1v) is 10.1. The molecule has 1 unspecified atom stereocenters. The van der Waals surface area contributed by atoms with Gasteiger partial charge in [0.2, 0.25) is 5.91 Å². The molecule has 3 rings (SSSR count). The summed E-state index contributed by atoms with van der Waals surface area (Å²) in [7, 11) is 1.52. The van der Waals surface area contributed by atoms with E-state index in [4.69, 9.17) is 4.74 Å². The molecule has 0 saturated heterocycles. The monoisotopic (exact) mass is 429 g/mol. The second kappa shape index (κ2) is 10.3. The van der Waals surface area contributed by atoms with E-state index >= 15 is 0 Å². The van der Waals surface area contributed by atoms with Crippen LogP contribution in [0.15, 0.2) is 53.6 Å². The molecule has 0 spiro atoms. The SMILES string of the molecule is CCC(=O)N(CCOC)CC(=O)N1N=C(c2ccccc2F)CC1c1ccc(F)cc1. The number of benzene rings is 2. The normalized spacial score (nSPS) is 15.7. The highest BCUT2D eigenvalue weighted by molar-refractivity contribution is 6.03. The van der Waals surface area contributed by atoms with Crippen molar-refractivity contribution in [3.8, 4) is 0 Å². The lowest BCUT2D eigenvalue weighted by molar-refractivity contribution is -0.141. The standard InChI is InChI=1S/C23H25F2N3O3/c1-3-22(29)27(12-13-31-2)15-23(30)28-21(16-8-10-17(24)11-9-16)14-20(26-28)18-6-4-5-7-19(18)25/h4-11,21H,3,12-15H2,1-2H3. The van der Waals surface area contributed by atoms with Gasteiger partial charge in [-0.05, 0) is 23.8 Å². The molecular weight excluding hydrogens is 404 g/mol. The first kappa shape index (κ1) is 22.6. The number of amides is 2. The molecular formula is C23H25F2N3O3. The molecule has 2 aromatic rings. The molecule has 164 valence electrons. The van der Waals surface area contributed by atoms with Crippen molar-refractivity contribution in [2.75, 3.05) is 26.8 Å². The molecule has 2 amide bonds. The second-order valence-corrected chi connectivity index (χ2v) is 7.20. The minimum Gasteiger partial charge on any atom is -0.383 e. The first-order chi connectivity index (χ1) is 14.9. The van der Waals surface area contributed by atoms with Gasteiger partial charge in [0.1, 0.15) is 18.2 Å². The molecule has 2 aromatic carbocycles. The molecule has 0 aliphatic carbocycles. The molecule has 0 N–H and O–H groups in total. The fraction of sp³-hybridized carbons (Fsp3) is 0.348. The van der Waals surface area contributed by atoms with E-state index in [1.165, 1.54) is 35.2 Å². The lowest BCUT2D eigenvalue weighted by Gasteiger charge is -2.26. The molecule has 1 aliphatic heterocycles. The maximum atomic E-state index is 14.4. The van der Waals surface area contributed by atoms with Crippen LogP contribution in [0.1, 0.15) is 36.9 Å². The van der Waals surface area contributed by atoms with Gasteiger partial charge in [0.05, 0.1) is 18.4 Å². The summed E-state index contributed by atoms with van der Waals surface area (Å²) in [5.41, 5.74) is 1.41. The Morgan fingerprint density at radius 1 is 1.16 bits per heavy atom. The quantitative estimate of drug-likeness (QED) is 0.645. The van der Waals surface area contributed by atoms with Crippen LogP contribution in [0.25, 0.3) is 0 Å². The molecule has 6 nitrogen and oxygen atoms in total. The Kier molecular flexibility index (Phi) is 7.46. The predicted octanol–water partition coefficient (Wildman–Crippen LogP) is 3.53. The van der Waals surface area contributed by atoms with Crippen LogP contribution >= 0.6 is 0 Å². The zero-order valence-electron chi connectivity index (χ0n) is 17.6. The Hall–Kier alpha value is -3.13. The largest absolute Gasteiger partial charge is 0.383 e. The van der Waals surface area contributed by atoms with Gasteiger partial charge in [-0.2, -0.15) is 5.10 Å². The highest BCUT2D eigenvalue weighted by Gasteiger charge is 2.34. The van der Waals surface area contributed by atoms with Crippen molar-refractivity contribution < 1.29 is 23.1 Å². The van der Waals surface area contributed by atoms with E-state index in [2.05, 4.69) is 5.10 Å². The molecule has 0 saturated carbocycles. The maximum absolute atomic E-state index is 14.4. The van der Waals surface area contributed by atoms with Crippen LogP contribution in [0.4, 0.5) is 8.78 Å². The number of carbonyl (C=O) groups excluding carboxylic acids is 2. The van der Waals surface area contributed by atoms with Gasteiger partial charge >= 0.3 is 0 Å². The summed E-state index contributed by atoms with van der Waals surface area (Å²) < 4.78 is 32.8. The van der Waals surface area contributed by atoms with Crippen LogP contribution in [0.2, 0.25) is 0 Å². The summed E-state index contributed by atoms with van der Waals surface area (Å²) in [4.78, 5) is 26.8. The number of methoxy groups -OCH3 is 1. The Balaban J connectivity index is 1.91. The van der Waals surface area contributed by atoms with Crippen LogP contribution in [0.5, 0.6) is 0 Å². The summed E-state index contributed by atoms with van der Waals surface area (Å²) >= 11 is 0. The number of nitrogens with zero attached hydrogens (tertiary/aromatic N) is 3. The zero-order valence-corrected chi connectivity index (χ0v) is 17.6. The van der Waals surface area contributed by atoms with Gasteiger partial charge < -0.3 is 9.64 Å². The summed E-state index contributed by atoms with van der Waals surface area (Å²) in [5.74, 6) is -1.41. The number of rotatable bonds is 8. The third kappa shape index (κ3) is 5.32. The summed E-state index contributed by atoms with van der Waals surface area (Å²) in [6.45, 7) is 2.11. The summed E-state index contributed by atoms with van der Waals surface area (Å²) in [6.07, 6.45) is 0.528. The predicted molar refractivity (Wildman–Crippen MR) is 112 cm³/mol. The summed E-state index contributed by atoms with van der Waals surface area (Å²) in [5, 5.41) is 5.69. The van der Waals surface area contributed by atoms with Gasteiger partial charge in [-0.15, -0.1) is 0 Å². The molecule has 0 radical (unpaired) electrons. The van der Waals surface area contributed by atoms with Gasteiger partial charge in [-0.25, -0.2) is 13.8 Å². The van der Waals surface area contributed by atoms with E-state index in [0.29, 0.717) is 23.4 Å². The summed E-state index contributed by atoms with van der Waals surface area (Å²) in [6, 6.07) is 11.5. The lowest BCUT2D eigenvalue weighted by Crippen LogP contribution is -2.42. The Labute approximate surface area is 180 Å². The molecule has 1 atom stereocenters. The van der Waals surface area contributed by atoms with Crippen molar-refractivity contribution in [2.45, 2.75) is 25.8 Å². The topological polar surface area (TPSA) is 62.2 Å².